The Hall–Kier alpha value is -1.42. The van der Waals surface area contributed by atoms with Crippen LogP contribution in [-0.2, 0) is 0 Å². The largest absolute Gasteiger partial charge is 0.494 e. The molecule has 1 aromatic rings. The zero-order valence-electron chi connectivity index (χ0n) is 13.9. The third-order valence-corrected chi connectivity index (χ3v) is 4.50. The van der Waals surface area contributed by atoms with Crippen LogP contribution in [0.1, 0.15) is 44.9 Å². The van der Waals surface area contributed by atoms with E-state index >= 15 is 0 Å². The highest BCUT2D eigenvalue weighted by Gasteiger charge is 2.17. The lowest BCUT2D eigenvalue weighted by Crippen LogP contribution is -2.44. The number of nitrogens with one attached hydrogen (secondary N) is 1. The van der Waals surface area contributed by atoms with Crippen LogP contribution >= 0.6 is 11.6 Å². The summed E-state index contributed by atoms with van der Waals surface area (Å²) in [5.41, 5.74) is 0. The Kier molecular flexibility index (Phi) is 7.53. The lowest BCUT2D eigenvalue weighted by molar-refractivity contribution is 0.198. The number of unbranched alkanes of at least 4 members (excludes halogenated alkanes) is 1. The number of halogens is 1. The van der Waals surface area contributed by atoms with E-state index < -0.39 is 0 Å². The molecule has 1 aliphatic carbocycles. The predicted molar refractivity (Wildman–Crippen MR) is 94.2 cm³/mol. The molecule has 1 fully saturated rings. The number of hydrogen-bond acceptors (Lipinski definition) is 2. The minimum atomic E-state index is 0.0514. The van der Waals surface area contributed by atoms with E-state index in [2.05, 4.69) is 5.32 Å². The zero-order valence-corrected chi connectivity index (χ0v) is 14.6. The van der Waals surface area contributed by atoms with Crippen LogP contribution in [0.4, 0.5) is 4.79 Å². The molecule has 23 heavy (non-hydrogen) atoms. The van der Waals surface area contributed by atoms with E-state index in [1.807, 2.05) is 31.3 Å². The monoisotopic (exact) mass is 338 g/mol. The van der Waals surface area contributed by atoms with E-state index in [0.29, 0.717) is 17.7 Å². The molecule has 2 rings (SSSR count). The van der Waals surface area contributed by atoms with Gasteiger partial charge in [0.1, 0.15) is 5.75 Å². The number of amides is 2. The molecule has 0 saturated heterocycles. The topological polar surface area (TPSA) is 41.6 Å². The maximum Gasteiger partial charge on any atom is 0.317 e. The highest BCUT2D eigenvalue weighted by molar-refractivity contribution is 6.30. The van der Waals surface area contributed by atoms with Crippen molar-refractivity contribution in [1.29, 1.82) is 0 Å². The fraction of sp³-hybridized carbons (Fsp3) is 0.611. The summed E-state index contributed by atoms with van der Waals surface area (Å²) >= 11 is 5.83. The molecule has 0 spiro atoms. The van der Waals surface area contributed by atoms with Crippen molar-refractivity contribution in [2.24, 2.45) is 0 Å². The lowest BCUT2D eigenvalue weighted by Gasteiger charge is -2.26. The van der Waals surface area contributed by atoms with Crippen molar-refractivity contribution in [1.82, 2.24) is 10.2 Å². The Bertz CT molecular complexity index is 472. The molecule has 2 amide bonds. The van der Waals surface area contributed by atoms with Crippen LogP contribution in [0.15, 0.2) is 24.3 Å². The maximum absolute atomic E-state index is 12.1. The molecule has 1 N–H and O–H groups in total. The second-order valence-electron chi connectivity index (χ2n) is 6.22. The van der Waals surface area contributed by atoms with Crippen LogP contribution in [0.2, 0.25) is 5.02 Å². The summed E-state index contributed by atoms with van der Waals surface area (Å²) in [5, 5.41) is 3.84. The first kappa shape index (κ1) is 17.9. The number of benzene rings is 1. The van der Waals surface area contributed by atoms with E-state index in [0.717, 1.165) is 38.0 Å². The van der Waals surface area contributed by atoms with E-state index in [1.165, 1.54) is 19.3 Å². The molecule has 1 saturated carbocycles. The summed E-state index contributed by atoms with van der Waals surface area (Å²) in [6.45, 7) is 1.41. The molecule has 0 unspecified atom stereocenters. The van der Waals surface area contributed by atoms with E-state index in [-0.39, 0.29) is 6.03 Å². The first-order chi connectivity index (χ1) is 11.1. The smallest absolute Gasteiger partial charge is 0.317 e. The van der Waals surface area contributed by atoms with Gasteiger partial charge in [-0.1, -0.05) is 30.9 Å². The molecule has 1 aliphatic rings. The first-order valence-corrected chi connectivity index (χ1v) is 8.93. The van der Waals surface area contributed by atoms with Crippen molar-refractivity contribution < 1.29 is 9.53 Å². The SMILES string of the molecule is CN(CCCCOc1ccc(Cl)cc1)C(=O)NC1CCCCC1. The summed E-state index contributed by atoms with van der Waals surface area (Å²) in [6, 6.07) is 7.79. The summed E-state index contributed by atoms with van der Waals surface area (Å²) < 4.78 is 5.65. The Balaban J connectivity index is 1.55. The van der Waals surface area contributed by atoms with Gasteiger partial charge in [-0.3, -0.25) is 0 Å². The molecule has 0 heterocycles. The molecular weight excluding hydrogens is 312 g/mol. The molecule has 0 aliphatic heterocycles. The number of hydrogen-bond donors (Lipinski definition) is 1. The lowest BCUT2D eigenvalue weighted by atomic mass is 9.96. The summed E-state index contributed by atoms with van der Waals surface area (Å²) in [6.07, 6.45) is 7.86. The molecule has 1 aromatic carbocycles. The van der Waals surface area contributed by atoms with Crippen molar-refractivity contribution in [2.75, 3.05) is 20.2 Å². The quantitative estimate of drug-likeness (QED) is 0.745. The highest BCUT2D eigenvalue weighted by atomic mass is 35.5. The van der Waals surface area contributed by atoms with Gasteiger partial charge in [0.15, 0.2) is 0 Å². The van der Waals surface area contributed by atoms with Crippen molar-refractivity contribution in [3.8, 4) is 5.75 Å². The van der Waals surface area contributed by atoms with E-state index in [9.17, 15) is 4.79 Å². The number of carbonyl (C=O) groups is 1. The third kappa shape index (κ3) is 6.69. The molecule has 5 heteroatoms. The van der Waals surface area contributed by atoms with Crippen molar-refractivity contribution in [3.63, 3.8) is 0 Å². The Morgan fingerprint density at radius 3 is 2.61 bits per heavy atom. The molecule has 128 valence electrons. The fourth-order valence-corrected chi connectivity index (χ4v) is 2.93. The van der Waals surface area contributed by atoms with Crippen LogP contribution in [0.25, 0.3) is 0 Å². The number of ether oxygens (including phenoxy) is 1. The van der Waals surface area contributed by atoms with Gasteiger partial charge in [-0.25, -0.2) is 4.79 Å². The van der Waals surface area contributed by atoms with Gasteiger partial charge < -0.3 is 15.0 Å². The first-order valence-electron chi connectivity index (χ1n) is 8.55. The average molecular weight is 339 g/mol. The molecule has 0 radical (unpaired) electrons. The summed E-state index contributed by atoms with van der Waals surface area (Å²) in [5.74, 6) is 0.831. The van der Waals surface area contributed by atoms with Gasteiger partial charge in [0.05, 0.1) is 6.61 Å². The number of urea groups is 1. The highest BCUT2D eigenvalue weighted by Crippen LogP contribution is 2.18. The minimum Gasteiger partial charge on any atom is -0.494 e. The van der Waals surface area contributed by atoms with E-state index in [1.54, 1.807) is 4.90 Å². The maximum atomic E-state index is 12.1. The predicted octanol–water partition coefficient (Wildman–Crippen LogP) is 4.47. The molecule has 0 bridgehead atoms. The van der Waals surface area contributed by atoms with Crippen LogP contribution in [-0.4, -0.2) is 37.2 Å². The van der Waals surface area contributed by atoms with Gasteiger partial charge in [-0.2, -0.15) is 0 Å². The summed E-state index contributed by atoms with van der Waals surface area (Å²) in [4.78, 5) is 13.9. The number of carbonyl (C=O) groups excluding carboxylic acids is 1. The van der Waals surface area contributed by atoms with Gasteiger partial charge in [-0.15, -0.1) is 0 Å². The molecule has 0 atom stereocenters. The van der Waals surface area contributed by atoms with Gasteiger partial charge in [-0.05, 0) is 49.9 Å². The average Bonchev–Trinajstić information content (AvgIpc) is 2.57. The van der Waals surface area contributed by atoms with Gasteiger partial charge >= 0.3 is 6.03 Å². The second kappa shape index (κ2) is 9.66. The van der Waals surface area contributed by atoms with Crippen LogP contribution in [0.3, 0.4) is 0 Å². The van der Waals surface area contributed by atoms with Gasteiger partial charge in [0.2, 0.25) is 0 Å². The van der Waals surface area contributed by atoms with Crippen LogP contribution in [0.5, 0.6) is 5.75 Å². The van der Waals surface area contributed by atoms with Crippen molar-refractivity contribution >= 4 is 17.6 Å². The molecule has 0 aromatic heterocycles. The van der Waals surface area contributed by atoms with Crippen LogP contribution in [0, 0.1) is 0 Å². The fourth-order valence-electron chi connectivity index (χ4n) is 2.81. The zero-order chi connectivity index (χ0) is 16.5. The number of nitrogens with zero attached hydrogens (tertiary/aromatic N) is 1. The Labute approximate surface area is 144 Å². The molecular formula is C18H27ClN2O2. The van der Waals surface area contributed by atoms with Crippen molar-refractivity contribution in [2.45, 2.75) is 51.0 Å². The molecule has 4 nitrogen and oxygen atoms in total. The van der Waals surface area contributed by atoms with Gasteiger partial charge in [0, 0.05) is 24.7 Å². The van der Waals surface area contributed by atoms with E-state index in [4.69, 9.17) is 16.3 Å². The standard InChI is InChI=1S/C18H27ClN2O2/c1-21(18(22)20-16-7-3-2-4-8-16)13-5-6-14-23-17-11-9-15(19)10-12-17/h9-12,16H,2-8,13-14H2,1H3,(H,20,22). The number of rotatable bonds is 7. The Morgan fingerprint density at radius 1 is 1.22 bits per heavy atom. The Morgan fingerprint density at radius 2 is 1.91 bits per heavy atom. The third-order valence-electron chi connectivity index (χ3n) is 4.25. The van der Waals surface area contributed by atoms with Gasteiger partial charge in [0.25, 0.3) is 0 Å². The summed E-state index contributed by atoms with van der Waals surface area (Å²) in [7, 11) is 1.86. The van der Waals surface area contributed by atoms with Crippen molar-refractivity contribution in [3.05, 3.63) is 29.3 Å². The second-order valence-corrected chi connectivity index (χ2v) is 6.65. The normalized spacial score (nSPS) is 15.2. The minimum absolute atomic E-state index is 0.0514. The van der Waals surface area contributed by atoms with Crippen LogP contribution < -0.4 is 10.1 Å².